The molecule has 4 heteroatoms. The van der Waals surface area contributed by atoms with Gasteiger partial charge in [0.2, 0.25) is 0 Å². The number of carbonyl (C=O) groups excluding carboxylic acids is 1. The van der Waals surface area contributed by atoms with Crippen molar-refractivity contribution in [3.63, 3.8) is 0 Å². The molecule has 0 saturated heterocycles. The Morgan fingerprint density at radius 2 is 2.21 bits per heavy atom. The smallest absolute Gasteiger partial charge is 0.342 e. The number of rotatable bonds is 3. The summed E-state index contributed by atoms with van der Waals surface area (Å²) in [6.07, 6.45) is 0. The second kappa shape index (κ2) is 4.50. The van der Waals surface area contributed by atoms with Crippen molar-refractivity contribution in [3.05, 3.63) is 23.8 Å². The summed E-state index contributed by atoms with van der Waals surface area (Å²) < 4.78 is 9.67. The van der Waals surface area contributed by atoms with Crippen molar-refractivity contribution in [2.75, 3.05) is 13.7 Å². The molecule has 0 spiro atoms. The monoisotopic (exact) mass is 196 g/mol. The van der Waals surface area contributed by atoms with Crippen molar-refractivity contribution < 1.29 is 19.4 Å². The number of ether oxygens (including phenoxy) is 2. The molecular formula is C10H12O4. The first kappa shape index (κ1) is 10.4. The van der Waals surface area contributed by atoms with Crippen LogP contribution in [-0.2, 0) is 4.74 Å². The Kier molecular flexibility index (Phi) is 3.34. The predicted molar refractivity (Wildman–Crippen MR) is 50.6 cm³/mol. The van der Waals surface area contributed by atoms with Crippen molar-refractivity contribution in [1.29, 1.82) is 0 Å². The first-order chi connectivity index (χ1) is 6.69. The van der Waals surface area contributed by atoms with E-state index < -0.39 is 5.97 Å². The van der Waals surface area contributed by atoms with Crippen LogP contribution in [-0.4, -0.2) is 24.8 Å². The second-order valence-corrected chi connectivity index (χ2v) is 2.60. The third-order valence-electron chi connectivity index (χ3n) is 1.70. The zero-order valence-electron chi connectivity index (χ0n) is 8.11. The zero-order valence-corrected chi connectivity index (χ0v) is 8.11. The molecule has 1 N–H and O–H groups in total. The summed E-state index contributed by atoms with van der Waals surface area (Å²) in [5.74, 6) is -0.154. The summed E-state index contributed by atoms with van der Waals surface area (Å²) >= 11 is 0. The number of carbonyl (C=O) groups is 1. The lowest BCUT2D eigenvalue weighted by molar-refractivity contribution is 0.0522. The third kappa shape index (κ3) is 2.16. The second-order valence-electron chi connectivity index (χ2n) is 2.60. The average Bonchev–Trinajstić information content (AvgIpc) is 2.19. The summed E-state index contributed by atoms with van der Waals surface area (Å²) in [4.78, 5) is 11.3. The van der Waals surface area contributed by atoms with E-state index >= 15 is 0 Å². The highest BCUT2D eigenvalue weighted by atomic mass is 16.5. The molecule has 0 saturated carbocycles. The normalized spacial score (nSPS) is 9.57. The molecule has 1 aromatic carbocycles. The summed E-state index contributed by atoms with van der Waals surface area (Å²) in [6.45, 7) is 1.98. The molecule has 0 atom stereocenters. The van der Waals surface area contributed by atoms with Gasteiger partial charge in [0.1, 0.15) is 17.1 Å². The van der Waals surface area contributed by atoms with Gasteiger partial charge in [0, 0.05) is 0 Å². The Hall–Kier alpha value is -1.71. The number of esters is 1. The number of methoxy groups -OCH3 is 1. The molecule has 0 aromatic heterocycles. The topological polar surface area (TPSA) is 55.8 Å². The predicted octanol–water partition coefficient (Wildman–Crippen LogP) is 1.58. The number of benzene rings is 1. The molecule has 0 unspecified atom stereocenters. The minimum absolute atomic E-state index is 0.107. The van der Waals surface area contributed by atoms with Gasteiger partial charge in [0.05, 0.1) is 13.7 Å². The number of phenolic OH excluding ortho intramolecular Hbond substituents is 1. The zero-order chi connectivity index (χ0) is 10.6. The lowest BCUT2D eigenvalue weighted by atomic mass is 10.2. The molecule has 0 amide bonds. The SMILES string of the molecule is CCOC(=O)c1cc(OC)ccc1O. The van der Waals surface area contributed by atoms with E-state index in [1.807, 2.05) is 0 Å². The highest BCUT2D eigenvalue weighted by Gasteiger charge is 2.12. The lowest BCUT2D eigenvalue weighted by Crippen LogP contribution is -2.05. The van der Waals surface area contributed by atoms with Gasteiger partial charge in [-0.15, -0.1) is 0 Å². The molecule has 0 radical (unpaired) electrons. The fraction of sp³-hybridized carbons (Fsp3) is 0.300. The molecule has 0 heterocycles. The number of aromatic hydroxyl groups is 1. The van der Waals surface area contributed by atoms with Gasteiger partial charge in [-0.25, -0.2) is 4.79 Å². The molecule has 0 aliphatic heterocycles. The van der Waals surface area contributed by atoms with Crippen LogP contribution >= 0.6 is 0 Å². The van der Waals surface area contributed by atoms with Crippen molar-refractivity contribution in [2.45, 2.75) is 6.92 Å². The Bertz CT molecular complexity index is 333. The number of phenols is 1. The van der Waals surface area contributed by atoms with Crippen LogP contribution in [0, 0.1) is 0 Å². The number of hydrogen-bond acceptors (Lipinski definition) is 4. The van der Waals surface area contributed by atoms with Crippen LogP contribution in [0.2, 0.25) is 0 Å². The summed E-state index contributed by atoms with van der Waals surface area (Å²) in [7, 11) is 1.49. The molecule has 1 rings (SSSR count). The fourth-order valence-corrected chi connectivity index (χ4v) is 1.01. The van der Waals surface area contributed by atoms with Crippen molar-refractivity contribution >= 4 is 5.97 Å². The fourth-order valence-electron chi connectivity index (χ4n) is 1.01. The van der Waals surface area contributed by atoms with E-state index in [0.29, 0.717) is 5.75 Å². The van der Waals surface area contributed by atoms with Gasteiger partial charge in [-0.3, -0.25) is 0 Å². The van der Waals surface area contributed by atoms with E-state index in [9.17, 15) is 9.90 Å². The van der Waals surface area contributed by atoms with Gasteiger partial charge in [-0.05, 0) is 25.1 Å². The molecule has 0 aliphatic rings. The maximum absolute atomic E-state index is 11.3. The average molecular weight is 196 g/mol. The molecule has 4 nitrogen and oxygen atoms in total. The largest absolute Gasteiger partial charge is 0.507 e. The van der Waals surface area contributed by atoms with Gasteiger partial charge in [-0.1, -0.05) is 0 Å². The Morgan fingerprint density at radius 1 is 1.50 bits per heavy atom. The van der Waals surface area contributed by atoms with E-state index in [-0.39, 0.29) is 17.9 Å². The van der Waals surface area contributed by atoms with Gasteiger partial charge in [0.25, 0.3) is 0 Å². The minimum atomic E-state index is -0.552. The van der Waals surface area contributed by atoms with Crippen molar-refractivity contribution in [1.82, 2.24) is 0 Å². The maximum atomic E-state index is 11.3. The quantitative estimate of drug-likeness (QED) is 0.745. The van der Waals surface area contributed by atoms with Crippen LogP contribution in [0.25, 0.3) is 0 Å². The van der Waals surface area contributed by atoms with Crippen LogP contribution in [0.15, 0.2) is 18.2 Å². The van der Waals surface area contributed by atoms with Gasteiger partial charge in [0.15, 0.2) is 0 Å². The molecule has 1 aromatic rings. The van der Waals surface area contributed by atoms with E-state index in [1.165, 1.54) is 19.2 Å². The van der Waals surface area contributed by atoms with Gasteiger partial charge in [-0.2, -0.15) is 0 Å². The van der Waals surface area contributed by atoms with Crippen LogP contribution in [0.3, 0.4) is 0 Å². The van der Waals surface area contributed by atoms with Crippen LogP contribution in [0.4, 0.5) is 0 Å². The summed E-state index contributed by atoms with van der Waals surface area (Å²) in [6, 6.07) is 4.40. The Labute approximate surface area is 82.1 Å². The summed E-state index contributed by atoms with van der Waals surface area (Å²) in [5.41, 5.74) is 0.117. The van der Waals surface area contributed by atoms with Crippen molar-refractivity contribution in [3.8, 4) is 11.5 Å². The van der Waals surface area contributed by atoms with Crippen LogP contribution in [0.1, 0.15) is 17.3 Å². The Balaban J connectivity index is 2.99. The number of hydrogen-bond donors (Lipinski definition) is 1. The Morgan fingerprint density at radius 3 is 2.79 bits per heavy atom. The molecule has 0 fully saturated rings. The molecule has 0 bridgehead atoms. The minimum Gasteiger partial charge on any atom is -0.507 e. The molecule has 0 aliphatic carbocycles. The molecule has 14 heavy (non-hydrogen) atoms. The third-order valence-corrected chi connectivity index (χ3v) is 1.70. The highest BCUT2D eigenvalue weighted by molar-refractivity contribution is 5.92. The van der Waals surface area contributed by atoms with Crippen molar-refractivity contribution in [2.24, 2.45) is 0 Å². The van der Waals surface area contributed by atoms with E-state index in [2.05, 4.69) is 0 Å². The van der Waals surface area contributed by atoms with Crippen LogP contribution < -0.4 is 4.74 Å². The lowest BCUT2D eigenvalue weighted by Gasteiger charge is -2.06. The molecule has 76 valence electrons. The van der Waals surface area contributed by atoms with E-state index in [4.69, 9.17) is 9.47 Å². The summed E-state index contributed by atoms with van der Waals surface area (Å²) in [5, 5.41) is 9.37. The first-order valence-electron chi connectivity index (χ1n) is 4.23. The van der Waals surface area contributed by atoms with E-state index in [0.717, 1.165) is 0 Å². The first-order valence-corrected chi connectivity index (χ1v) is 4.23. The standard InChI is InChI=1S/C10H12O4/c1-3-14-10(12)8-6-7(13-2)4-5-9(8)11/h4-6,11H,3H2,1-2H3. The highest BCUT2D eigenvalue weighted by Crippen LogP contribution is 2.23. The van der Waals surface area contributed by atoms with Crippen LogP contribution in [0.5, 0.6) is 11.5 Å². The van der Waals surface area contributed by atoms with Gasteiger partial charge >= 0.3 is 5.97 Å². The maximum Gasteiger partial charge on any atom is 0.342 e. The van der Waals surface area contributed by atoms with Gasteiger partial charge < -0.3 is 14.6 Å². The van der Waals surface area contributed by atoms with E-state index in [1.54, 1.807) is 13.0 Å². The molecular weight excluding hydrogens is 184 g/mol.